The van der Waals surface area contributed by atoms with E-state index >= 15 is 0 Å². The molecule has 0 aliphatic rings. The van der Waals surface area contributed by atoms with Crippen LogP contribution in [0.1, 0.15) is 46.5 Å². The van der Waals surface area contributed by atoms with Crippen LogP contribution in [0, 0.1) is 5.92 Å². The van der Waals surface area contributed by atoms with Crippen molar-refractivity contribution in [2.75, 3.05) is 0 Å². The van der Waals surface area contributed by atoms with Gasteiger partial charge in [0.05, 0.1) is 0 Å². The first kappa shape index (κ1) is 11.2. The summed E-state index contributed by atoms with van der Waals surface area (Å²) in [6.45, 7) is 6.77. The fourth-order valence-electron chi connectivity index (χ4n) is 1.51. The van der Waals surface area contributed by atoms with Crippen molar-refractivity contribution < 1.29 is 4.43 Å². The van der Waals surface area contributed by atoms with E-state index in [1.165, 1.54) is 25.7 Å². The van der Waals surface area contributed by atoms with Crippen LogP contribution < -0.4 is 0 Å². The van der Waals surface area contributed by atoms with Crippen molar-refractivity contribution in [3.05, 3.63) is 0 Å². The minimum atomic E-state index is 0.535. The van der Waals surface area contributed by atoms with E-state index in [0.29, 0.717) is 6.10 Å². The molecule has 0 amide bonds. The molecule has 2 atom stereocenters. The molecule has 0 saturated carbocycles. The van der Waals surface area contributed by atoms with Gasteiger partial charge in [0.25, 0.3) is 0 Å². The lowest BCUT2D eigenvalue weighted by atomic mass is 9.97. The number of rotatable bonds is 6. The first-order valence-corrected chi connectivity index (χ1v) is 5.60. The molecule has 0 aromatic carbocycles. The molecular formula is C9H22OSi. The average Bonchev–Trinajstić information content (AvgIpc) is 2.03. The molecule has 0 aliphatic carbocycles. The van der Waals surface area contributed by atoms with Crippen LogP contribution in [0.25, 0.3) is 0 Å². The maximum absolute atomic E-state index is 5.50. The summed E-state index contributed by atoms with van der Waals surface area (Å²) in [5.74, 6) is 0.762. The van der Waals surface area contributed by atoms with Gasteiger partial charge in [-0.25, -0.2) is 0 Å². The predicted molar refractivity (Wildman–Crippen MR) is 53.8 cm³/mol. The van der Waals surface area contributed by atoms with Crippen LogP contribution in [0.2, 0.25) is 0 Å². The molecule has 0 bridgehead atoms. The van der Waals surface area contributed by atoms with Gasteiger partial charge in [-0.1, -0.05) is 33.6 Å². The van der Waals surface area contributed by atoms with Crippen LogP contribution in [-0.4, -0.2) is 16.6 Å². The lowest BCUT2D eigenvalue weighted by Crippen LogP contribution is -2.19. The average molecular weight is 174 g/mol. The van der Waals surface area contributed by atoms with Crippen LogP contribution in [0.3, 0.4) is 0 Å². The molecule has 2 unspecified atom stereocenters. The highest BCUT2D eigenvalue weighted by Gasteiger charge is 2.12. The van der Waals surface area contributed by atoms with Gasteiger partial charge in [0.15, 0.2) is 0 Å². The maximum atomic E-state index is 5.50. The molecule has 0 fully saturated rings. The van der Waals surface area contributed by atoms with E-state index in [1.807, 2.05) is 0 Å². The third-order valence-corrected chi connectivity index (χ3v) is 2.96. The Kier molecular flexibility index (Phi) is 6.97. The van der Waals surface area contributed by atoms with Gasteiger partial charge in [-0.2, -0.15) is 0 Å². The van der Waals surface area contributed by atoms with E-state index in [2.05, 4.69) is 20.8 Å². The van der Waals surface area contributed by atoms with Gasteiger partial charge in [-0.15, -0.1) is 0 Å². The zero-order chi connectivity index (χ0) is 8.69. The molecule has 0 aromatic rings. The first-order chi connectivity index (χ1) is 5.26. The van der Waals surface area contributed by atoms with Crippen molar-refractivity contribution in [2.45, 2.75) is 52.6 Å². The molecule has 0 N–H and O–H groups in total. The predicted octanol–water partition coefficient (Wildman–Crippen LogP) is 1.89. The van der Waals surface area contributed by atoms with Crippen molar-refractivity contribution in [3.8, 4) is 0 Å². The molecule has 0 spiro atoms. The van der Waals surface area contributed by atoms with Crippen LogP contribution in [0.15, 0.2) is 0 Å². The highest BCUT2D eigenvalue weighted by molar-refractivity contribution is 5.98. The van der Waals surface area contributed by atoms with Crippen molar-refractivity contribution in [2.24, 2.45) is 5.92 Å². The molecule has 0 heterocycles. The maximum Gasteiger partial charge on any atom is 0.146 e. The quantitative estimate of drug-likeness (QED) is 0.559. The van der Waals surface area contributed by atoms with Gasteiger partial charge in [0, 0.05) is 6.10 Å². The fourth-order valence-corrected chi connectivity index (χ4v) is 2.31. The molecule has 68 valence electrons. The Labute approximate surface area is 74.1 Å². The summed E-state index contributed by atoms with van der Waals surface area (Å²) in [5.41, 5.74) is 0. The SMILES string of the molecule is CCCCC(C)C(CC)O[SiH3]. The van der Waals surface area contributed by atoms with Gasteiger partial charge >= 0.3 is 0 Å². The largest absolute Gasteiger partial charge is 0.425 e. The fraction of sp³-hybridized carbons (Fsp3) is 1.00. The molecule has 11 heavy (non-hydrogen) atoms. The van der Waals surface area contributed by atoms with E-state index in [9.17, 15) is 0 Å². The molecule has 2 heteroatoms. The summed E-state index contributed by atoms with van der Waals surface area (Å²) in [7, 11) is 0.888. The van der Waals surface area contributed by atoms with Gasteiger partial charge in [-0.05, 0) is 18.8 Å². The van der Waals surface area contributed by atoms with Crippen molar-refractivity contribution in [3.63, 3.8) is 0 Å². The second kappa shape index (κ2) is 6.86. The Morgan fingerprint density at radius 2 is 2.00 bits per heavy atom. The lowest BCUT2D eigenvalue weighted by Gasteiger charge is -2.21. The van der Waals surface area contributed by atoms with Gasteiger partial charge < -0.3 is 4.43 Å². The van der Waals surface area contributed by atoms with Crippen molar-refractivity contribution in [1.82, 2.24) is 0 Å². The zero-order valence-corrected chi connectivity index (χ0v) is 10.4. The smallest absolute Gasteiger partial charge is 0.146 e. The molecule has 0 rings (SSSR count). The van der Waals surface area contributed by atoms with E-state index in [4.69, 9.17) is 4.43 Å². The van der Waals surface area contributed by atoms with Crippen LogP contribution >= 0.6 is 0 Å². The highest BCUT2D eigenvalue weighted by atomic mass is 28.2. The van der Waals surface area contributed by atoms with Gasteiger partial charge in [-0.3, -0.25) is 0 Å². The Bertz CT molecular complexity index is 81.6. The minimum Gasteiger partial charge on any atom is -0.425 e. The normalized spacial score (nSPS) is 16.6. The Morgan fingerprint density at radius 1 is 1.36 bits per heavy atom. The summed E-state index contributed by atoms with van der Waals surface area (Å²) < 4.78 is 5.50. The molecule has 0 aliphatic heterocycles. The standard InChI is InChI=1S/C9H22OSi/c1-4-6-7-8(3)9(5-2)10-11/h8-9H,4-7H2,1-3,11H3. The monoisotopic (exact) mass is 174 g/mol. The molecule has 0 radical (unpaired) electrons. The number of unbranched alkanes of at least 4 members (excludes halogenated alkanes) is 1. The Balaban J connectivity index is 3.51. The molecular weight excluding hydrogens is 152 g/mol. The van der Waals surface area contributed by atoms with Gasteiger partial charge in [0.1, 0.15) is 10.5 Å². The van der Waals surface area contributed by atoms with E-state index < -0.39 is 0 Å². The second-order valence-electron chi connectivity index (χ2n) is 3.30. The zero-order valence-electron chi connectivity index (χ0n) is 8.39. The highest BCUT2D eigenvalue weighted by Crippen LogP contribution is 2.16. The van der Waals surface area contributed by atoms with E-state index in [1.54, 1.807) is 0 Å². The second-order valence-corrected chi connectivity index (χ2v) is 3.77. The van der Waals surface area contributed by atoms with Crippen LogP contribution in [0.5, 0.6) is 0 Å². The molecule has 0 saturated heterocycles. The Morgan fingerprint density at radius 3 is 2.36 bits per heavy atom. The molecule has 0 aromatic heterocycles. The summed E-state index contributed by atoms with van der Waals surface area (Å²) in [4.78, 5) is 0. The minimum absolute atomic E-state index is 0.535. The van der Waals surface area contributed by atoms with E-state index in [-0.39, 0.29) is 0 Å². The number of hydrogen-bond donors (Lipinski definition) is 0. The van der Waals surface area contributed by atoms with Crippen LogP contribution in [0.4, 0.5) is 0 Å². The number of hydrogen-bond acceptors (Lipinski definition) is 1. The topological polar surface area (TPSA) is 9.23 Å². The third-order valence-electron chi connectivity index (χ3n) is 2.35. The van der Waals surface area contributed by atoms with Crippen LogP contribution in [-0.2, 0) is 4.43 Å². The lowest BCUT2D eigenvalue weighted by molar-refractivity contribution is 0.145. The summed E-state index contributed by atoms with van der Waals surface area (Å²) in [5, 5.41) is 0. The summed E-state index contributed by atoms with van der Waals surface area (Å²) >= 11 is 0. The van der Waals surface area contributed by atoms with Gasteiger partial charge in [0.2, 0.25) is 0 Å². The van der Waals surface area contributed by atoms with E-state index in [0.717, 1.165) is 16.4 Å². The third kappa shape index (κ3) is 4.59. The summed E-state index contributed by atoms with van der Waals surface area (Å²) in [6.07, 6.45) is 5.70. The molecule has 1 nitrogen and oxygen atoms in total. The summed E-state index contributed by atoms with van der Waals surface area (Å²) in [6, 6.07) is 0. The first-order valence-electron chi connectivity index (χ1n) is 4.79. The van der Waals surface area contributed by atoms with Crippen molar-refractivity contribution in [1.29, 1.82) is 0 Å². The van der Waals surface area contributed by atoms with Crippen molar-refractivity contribution >= 4 is 10.5 Å². The Hall–Kier alpha value is 0.177.